The molecule has 0 saturated carbocycles. The molecule has 0 bridgehead atoms. The number of pyridine rings is 3. The first-order chi connectivity index (χ1) is 15.1. The number of hydrogen-bond donors (Lipinski definition) is 2. The van der Waals surface area contributed by atoms with Gasteiger partial charge in [-0.2, -0.15) is 0 Å². The smallest absolute Gasteiger partial charge is 0.270 e. The van der Waals surface area contributed by atoms with E-state index < -0.39 is 4.92 Å². The number of aromatic nitrogens is 3. The molecule has 3 aromatic heterocycles. The number of nitro benzene ring substituents is 1. The molecule has 13 heteroatoms. The molecule has 0 spiro atoms. The molecule has 1 aromatic carbocycles. The Hall–Kier alpha value is -2.56. The maximum Gasteiger partial charge on any atom is 0.270 e. The average molecular weight is 595 g/mol. The Kier molecular flexibility index (Phi) is 16.1. The van der Waals surface area contributed by atoms with Crippen LogP contribution >= 0.6 is 62.0 Å². The summed E-state index contributed by atoms with van der Waals surface area (Å²) in [7, 11) is 0. The summed E-state index contributed by atoms with van der Waals surface area (Å²) >= 11 is 0. The number of benzene rings is 1. The number of nitrogens with two attached hydrogens (primary N) is 2. The van der Waals surface area contributed by atoms with E-state index in [0.29, 0.717) is 41.4 Å². The van der Waals surface area contributed by atoms with Crippen LogP contribution in [0.15, 0.2) is 72.8 Å². The van der Waals surface area contributed by atoms with Crippen LogP contribution < -0.4 is 11.5 Å². The van der Waals surface area contributed by atoms with E-state index in [-0.39, 0.29) is 67.7 Å². The molecule has 0 aliphatic rings. The SMILES string of the molecule is Cl.Cl.Cl.Cl.Cl.NCc1cccc(-c2cc(-c3cccc([N+](=O)[O-])c3)cc(-c3cccc(CN)n3)n2)n1. The summed E-state index contributed by atoms with van der Waals surface area (Å²) in [5.41, 5.74) is 17.0. The first-order valence-electron chi connectivity index (χ1n) is 9.67. The quantitative estimate of drug-likeness (QED) is 0.213. The molecule has 4 rings (SSSR count). The highest BCUT2D eigenvalue weighted by Gasteiger charge is 2.13. The highest BCUT2D eigenvalue weighted by molar-refractivity contribution is 5.86. The molecular weight excluding hydrogens is 570 g/mol. The van der Waals surface area contributed by atoms with Crippen molar-refractivity contribution in [2.24, 2.45) is 11.5 Å². The van der Waals surface area contributed by atoms with Crippen molar-refractivity contribution < 1.29 is 4.92 Å². The zero-order valence-electron chi connectivity index (χ0n) is 18.6. The Morgan fingerprint density at radius 1 is 0.611 bits per heavy atom. The lowest BCUT2D eigenvalue weighted by Gasteiger charge is -2.10. The van der Waals surface area contributed by atoms with E-state index in [1.165, 1.54) is 12.1 Å². The second kappa shape index (κ2) is 16.2. The molecule has 0 unspecified atom stereocenters. The Morgan fingerprint density at radius 2 is 1.08 bits per heavy atom. The van der Waals surface area contributed by atoms with Crippen LogP contribution in [0.3, 0.4) is 0 Å². The van der Waals surface area contributed by atoms with Crippen LogP contribution in [0, 0.1) is 10.1 Å². The van der Waals surface area contributed by atoms with Crippen molar-refractivity contribution in [1.29, 1.82) is 0 Å². The van der Waals surface area contributed by atoms with Crippen molar-refractivity contribution >= 4 is 67.7 Å². The highest BCUT2D eigenvalue weighted by atomic mass is 35.5. The lowest BCUT2D eigenvalue weighted by molar-refractivity contribution is -0.384. The van der Waals surface area contributed by atoms with E-state index in [4.69, 9.17) is 16.5 Å². The molecular formula is C23H25Cl5N6O2. The fourth-order valence-corrected chi connectivity index (χ4v) is 3.23. The number of nitro groups is 1. The second-order valence-electron chi connectivity index (χ2n) is 6.87. The summed E-state index contributed by atoms with van der Waals surface area (Å²) < 4.78 is 0. The predicted octanol–water partition coefficient (Wildman–Crippen LogP) is 5.81. The molecule has 0 fully saturated rings. The molecule has 36 heavy (non-hydrogen) atoms. The van der Waals surface area contributed by atoms with Crippen molar-refractivity contribution in [2.45, 2.75) is 13.1 Å². The molecule has 4 aromatic rings. The number of halogens is 5. The second-order valence-corrected chi connectivity index (χ2v) is 6.87. The van der Waals surface area contributed by atoms with Crippen molar-refractivity contribution in [3.8, 4) is 33.9 Å². The van der Waals surface area contributed by atoms with Crippen LogP contribution in [0.2, 0.25) is 0 Å². The number of rotatable bonds is 6. The third-order valence-electron chi connectivity index (χ3n) is 4.77. The lowest BCUT2D eigenvalue weighted by Crippen LogP contribution is -2.02. The van der Waals surface area contributed by atoms with Crippen molar-refractivity contribution in [3.63, 3.8) is 0 Å². The van der Waals surface area contributed by atoms with Gasteiger partial charge in [0.2, 0.25) is 0 Å². The lowest BCUT2D eigenvalue weighted by atomic mass is 10.0. The van der Waals surface area contributed by atoms with E-state index in [0.717, 1.165) is 17.0 Å². The molecule has 8 nitrogen and oxygen atoms in total. The zero-order valence-corrected chi connectivity index (χ0v) is 22.7. The highest BCUT2D eigenvalue weighted by Crippen LogP contribution is 2.30. The molecule has 3 heterocycles. The zero-order chi connectivity index (χ0) is 21.8. The van der Waals surface area contributed by atoms with Crippen LogP contribution in [0.25, 0.3) is 33.9 Å². The summed E-state index contributed by atoms with van der Waals surface area (Å²) in [6.07, 6.45) is 0. The number of hydrogen-bond acceptors (Lipinski definition) is 7. The number of non-ortho nitro benzene ring substituents is 1. The third kappa shape index (κ3) is 8.25. The maximum atomic E-state index is 11.3. The maximum absolute atomic E-state index is 11.3. The summed E-state index contributed by atoms with van der Waals surface area (Å²) in [5.74, 6) is 0. The van der Waals surface area contributed by atoms with Gasteiger partial charge < -0.3 is 11.5 Å². The van der Waals surface area contributed by atoms with Gasteiger partial charge in [0.15, 0.2) is 0 Å². The van der Waals surface area contributed by atoms with E-state index in [9.17, 15) is 10.1 Å². The normalized spacial score (nSPS) is 9.28. The van der Waals surface area contributed by atoms with Gasteiger partial charge >= 0.3 is 0 Å². The minimum absolute atomic E-state index is 0. The first kappa shape index (κ1) is 35.6. The van der Waals surface area contributed by atoms with E-state index in [2.05, 4.69) is 9.97 Å². The molecule has 0 aliphatic heterocycles. The van der Waals surface area contributed by atoms with Crippen LogP contribution in [-0.4, -0.2) is 19.9 Å². The fraction of sp³-hybridized carbons (Fsp3) is 0.0870. The molecule has 0 amide bonds. The minimum atomic E-state index is -0.412. The minimum Gasteiger partial charge on any atom is -0.325 e. The topological polar surface area (TPSA) is 134 Å². The van der Waals surface area contributed by atoms with E-state index >= 15 is 0 Å². The van der Waals surface area contributed by atoms with E-state index in [1.807, 2.05) is 54.6 Å². The first-order valence-corrected chi connectivity index (χ1v) is 9.67. The monoisotopic (exact) mass is 592 g/mol. The van der Waals surface area contributed by atoms with Gasteiger partial charge in [0, 0.05) is 25.2 Å². The van der Waals surface area contributed by atoms with Crippen molar-refractivity contribution in [1.82, 2.24) is 15.0 Å². The van der Waals surface area contributed by atoms with Gasteiger partial charge in [-0.25, -0.2) is 15.0 Å². The van der Waals surface area contributed by atoms with Gasteiger partial charge in [0.05, 0.1) is 39.1 Å². The predicted molar refractivity (Wildman–Crippen MR) is 155 cm³/mol. The summed E-state index contributed by atoms with van der Waals surface area (Å²) in [6.45, 7) is 0.622. The largest absolute Gasteiger partial charge is 0.325 e. The Bertz CT molecular complexity index is 1210. The van der Waals surface area contributed by atoms with Gasteiger partial charge in [0.1, 0.15) is 0 Å². The fourth-order valence-electron chi connectivity index (χ4n) is 3.23. The van der Waals surface area contributed by atoms with Gasteiger partial charge in [0.25, 0.3) is 5.69 Å². The molecule has 194 valence electrons. The van der Waals surface area contributed by atoms with E-state index in [1.54, 1.807) is 6.07 Å². The third-order valence-corrected chi connectivity index (χ3v) is 4.77. The summed E-state index contributed by atoms with van der Waals surface area (Å²) in [5, 5.41) is 11.3. The van der Waals surface area contributed by atoms with Gasteiger partial charge in [-0.05, 0) is 47.5 Å². The Morgan fingerprint density at radius 3 is 1.53 bits per heavy atom. The molecule has 0 saturated heterocycles. The van der Waals surface area contributed by atoms with Crippen molar-refractivity contribution in [3.05, 3.63) is 94.3 Å². The Labute approximate surface area is 239 Å². The van der Waals surface area contributed by atoms with Crippen LogP contribution in [0.1, 0.15) is 11.4 Å². The molecule has 0 aliphatic carbocycles. The number of nitrogens with zero attached hydrogens (tertiary/aromatic N) is 4. The van der Waals surface area contributed by atoms with Crippen LogP contribution in [0.5, 0.6) is 0 Å². The summed E-state index contributed by atoms with van der Waals surface area (Å²) in [6, 6.07) is 21.4. The van der Waals surface area contributed by atoms with Gasteiger partial charge in [-0.3, -0.25) is 10.1 Å². The van der Waals surface area contributed by atoms with Gasteiger partial charge in [-0.15, -0.1) is 62.0 Å². The van der Waals surface area contributed by atoms with Crippen LogP contribution in [-0.2, 0) is 13.1 Å². The molecule has 0 atom stereocenters. The standard InChI is InChI=1S/C23H20N6O2.5ClH/c24-13-17-5-2-8-20(26-17)22-11-16(15-4-1-7-19(10-15)29(30)31)12-23(28-22)21-9-3-6-18(14-25)27-21;;;;;/h1-12H,13-14,24-25H2;5*1H. The van der Waals surface area contributed by atoms with Crippen molar-refractivity contribution in [2.75, 3.05) is 0 Å². The van der Waals surface area contributed by atoms with Crippen LogP contribution in [0.4, 0.5) is 5.69 Å². The summed E-state index contributed by atoms with van der Waals surface area (Å²) in [4.78, 5) is 24.8. The Balaban J connectivity index is 0. The average Bonchev–Trinajstić information content (AvgIpc) is 2.84. The molecule has 4 N–H and O–H groups in total. The molecule has 0 radical (unpaired) electrons. The van der Waals surface area contributed by atoms with Gasteiger partial charge in [-0.1, -0.05) is 24.3 Å².